The summed E-state index contributed by atoms with van der Waals surface area (Å²) in [5.74, 6) is -0.583. The van der Waals surface area contributed by atoms with Gasteiger partial charge in [-0.25, -0.2) is 9.78 Å². The molecule has 2 aliphatic heterocycles. The highest BCUT2D eigenvalue weighted by atomic mass is 19.4. The Hall–Kier alpha value is -3.04. The number of likely N-dealkylation sites (tertiary alicyclic amines) is 1. The zero-order valence-corrected chi connectivity index (χ0v) is 20.0. The van der Waals surface area contributed by atoms with Gasteiger partial charge >= 0.3 is 12.1 Å². The lowest BCUT2D eigenvalue weighted by atomic mass is 9.88. The molecule has 0 radical (unpaired) electrons. The molecule has 1 atom stereocenters. The Morgan fingerprint density at radius 1 is 1.20 bits per heavy atom. The molecule has 1 saturated carbocycles. The third kappa shape index (κ3) is 4.75. The van der Waals surface area contributed by atoms with Gasteiger partial charge in [0, 0.05) is 37.9 Å². The maximum atomic E-state index is 13.2. The smallest absolute Gasteiger partial charge is 0.475 e. The molecule has 3 aliphatic rings. The van der Waals surface area contributed by atoms with E-state index >= 15 is 0 Å². The van der Waals surface area contributed by atoms with E-state index in [0.717, 1.165) is 44.7 Å². The first-order valence-electron chi connectivity index (χ1n) is 12.0. The molecule has 10 heteroatoms. The molecule has 35 heavy (non-hydrogen) atoms. The molecule has 1 spiro atoms. The van der Waals surface area contributed by atoms with Gasteiger partial charge in [0.25, 0.3) is 0 Å². The first kappa shape index (κ1) is 25.1. The number of hydrogen-bond acceptors (Lipinski definition) is 4. The number of nitrogens with zero attached hydrogens (tertiary/aromatic N) is 4. The number of aromatic nitrogens is 2. The number of carboxylic acids is 1. The van der Waals surface area contributed by atoms with Crippen LogP contribution < -0.4 is 4.90 Å². The Labute approximate surface area is 202 Å². The van der Waals surface area contributed by atoms with Crippen LogP contribution in [0.3, 0.4) is 0 Å². The summed E-state index contributed by atoms with van der Waals surface area (Å²) in [4.78, 5) is 31.5. The predicted octanol–water partition coefficient (Wildman–Crippen LogP) is 4.60. The van der Waals surface area contributed by atoms with Crippen molar-refractivity contribution in [1.29, 1.82) is 0 Å². The second-order valence-electron chi connectivity index (χ2n) is 9.94. The van der Waals surface area contributed by atoms with Gasteiger partial charge in [0.15, 0.2) is 5.82 Å². The quantitative estimate of drug-likeness (QED) is 0.678. The van der Waals surface area contributed by atoms with Crippen LogP contribution in [0.4, 0.5) is 18.9 Å². The van der Waals surface area contributed by atoms with Crippen LogP contribution in [0.5, 0.6) is 0 Å². The minimum Gasteiger partial charge on any atom is -0.475 e. The highest BCUT2D eigenvalue weighted by Gasteiger charge is 2.51. The number of alkyl halides is 3. The van der Waals surface area contributed by atoms with Crippen molar-refractivity contribution in [2.45, 2.75) is 57.7 Å². The molecule has 1 N–H and O–H groups in total. The van der Waals surface area contributed by atoms with Crippen molar-refractivity contribution >= 4 is 17.6 Å². The van der Waals surface area contributed by atoms with Crippen LogP contribution in [0.2, 0.25) is 0 Å². The topological polar surface area (TPSA) is 78.7 Å². The number of rotatable bonds is 3. The molecule has 2 fully saturated rings. The van der Waals surface area contributed by atoms with E-state index in [0.29, 0.717) is 11.8 Å². The van der Waals surface area contributed by atoms with Crippen LogP contribution in [0, 0.1) is 11.8 Å². The summed E-state index contributed by atoms with van der Waals surface area (Å²) in [6, 6.07) is 8.58. The third-order valence-corrected chi connectivity index (χ3v) is 7.08. The average molecular weight is 493 g/mol. The summed E-state index contributed by atoms with van der Waals surface area (Å²) >= 11 is 0. The van der Waals surface area contributed by atoms with Crippen LogP contribution in [-0.4, -0.2) is 57.2 Å². The molecule has 5 rings (SSSR count). The molecular weight excluding hydrogens is 461 g/mol. The number of hydrogen-bond donors (Lipinski definition) is 1. The highest BCUT2D eigenvalue weighted by molar-refractivity contribution is 5.80. The van der Waals surface area contributed by atoms with Crippen molar-refractivity contribution in [3.8, 4) is 5.82 Å². The van der Waals surface area contributed by atoms with Gasteiger partial charge < -0.3 is 19.5 Å². The predicted molar refractivity (Wildman–Crippen MR) is 124 cm³/mol. The SMILES string of the molecule is CC(C)CN1c2cccnc2-n2cccc2C12CCN(C(=O)C1CCCC1)C2.O=C(O)C(F)(F)F. The maximum absolute atomic E-state index is 13.2. The Bertz CT molecular complexity index is 1080. The van der Waals surface area contributed by atoms with Crippen molar-refractivity contribution in [1.82, 2.24) is 14.5 Å². The standard InChI is InChI=1S/C23H30N4O.C2HF3O2/c1-17(2)15-27-19-9-5-12-24-21(19)26-13-6-10-20(26)23(27)11-14-25(16-23)22(28)18-7-3-4-8-18;3-2(4,5)1(6)7/h5-6,9-10,12-13,17-18H,3-4,7-8,11,14-16H2,1-2H3;(H,6,7). The summed E-state index contributed by atoms with van der Waals surface area (Å²) in [6.07, 6.45) is 4.45. The monoisotopic (exact) mass is 492 g/mol. The zero-order chi connectivity index (χ0) is 25.4. The van der Waals surface area contributed by atoms with Crippen LogP contribution in [0.15, 0.2) is 36.7 Å². The summed E-state index contributed by atoms with van der Waals surface area (Å²) < 4.78 is 34.0. The van der Waals surface area contributed by atoms with Crippen LogP contribution in [0.1, 0.15) is 51.6 Å². The second kappa shape index (κ2) is 9.54. The maximum Gasteiger partial charge on any atom is 0.490 e. The molecule has 1 amide bonds. The third-order valence-electron chi connectivity index (χ3n) is 7.08. The second-order valence-corrected chi connectivity index (χ2v) is 9.94. The lowest BCUT2D eigenvalue weighted by molar-refractivity contribution is -0.192. The van der Waals surface area contributed by atoms with Gasteiger partial charge in [-0.2, -0.15) is 13.2 Å². The number of carboxylic acid groups (broad SMARTS) is 1. The molecule has 0 aromatic carbocycles. The van der Waals surface area contributed by atoms with Crippen molar-refractivity contribution < 1.29 is 27.9 Å². The number of halogens is 3. The number of anilines is 1. The summed E-state index contributed by atoms with van der Waals surface area (Å²) in [5, 5.41) is 7.12. The number of fused-ring (bicyclic) bond motifs is 4. The number of pyridine rings is 1. The summed E-state index contributed by atoms with van der Waals surface area (Å²) in [7, 11) is 0. The van der Waals surface area contributed by atoms with Gasteiger partial charge in [-0.3, -0.25) is 4.79 Å². The number of amides is 1. The molecule has 1 unspecified atom stereocenters. The van der Waals surface area contributed by atoms with E-state index in [2.05, 4.69) is 52.6 Å². The fraction of sp³-hybridized carbons (Fsp3) is 0.560. The van der Waals surface area contributed by atoms with E-state index in [-0.39, 0.29) is 11.5 Å². The van der Waals surface area contributed by atoms with Crippen LogP contribution >= 0.6 is 0 Å². The van der Waals surface area contributed by atoms with Gasteiger partial charge in [-0.1, -0.05) is 26.7 Å². The largest absolute Gasteiger partial charge is 0.490 e. The van der Waals surface area contributed by atoms with Gasteiger partial charge in [-0.05, 0) is 49.4 Å². The average Bonchev–Trinajstić information content (AvgIpc) is 3.57. The van der Waals surface area contributed by atoms with E-state index in [1.54, 1.807) is 0 Å². The van der Waals surface area contributed by atoms with Gasteiger partial charge in [0.1, 0.15) is 5.54 Å². The van der Waals surface area contributed by atoms with E-state index in [1.165, 1.54) is 24.2 Å². The van der Waals surface area contributed by atoms with Crippen molar-refractivity contribution in [2.75, 3.05) is 24.5 Å². The summed E-state index contributed by atoms with van der Waals surface area (Å²) in [6.45, 7) is 7.15. The lowest BCUT2D eigenvalue weighted by Gasteiger charge is -2.48. The molecule has 190 valence electrons. The Morgan fingerprint density at radius 2 is 1.89 bits per heavy atom. The number of aliphatic carboxylic acids is 1. The zero-order valence-electron chi connectivity index (χ0n) is 20.0. The van der Waals surface area contributed by atoms with E-state index in [9.17, 15) is 18.0 Å². The summed E-state index contributed by atoms with van der Waals surface area (Å²) in [5.41, 5.74) is 2.31. The molecular formula is C25H31F3N4O3. The molecule has 2 aromatic heterocycles. The van der Waals surface area contributed by atoms with Crippen molar-refractivity contribution in [2.24, 2.45) is 11.8 Å². The van der Waals surface area contributed by atoms with Crippen LogP contribution in [0.25, 0.3) is 5.82 Å². The minimum atomic E-state index is -5.08. The first-order chi connectivity index (χ1) is 16.5. The fourth-order valence-corrected chi connectivity index (χ4v) is 5.58. The fourth-order valence-electron chi connectivity index (χ4n) is 5.58. The number of carbonyl (C=O) groups excluding carboxylic acids is 1. The molecule has 1 aliphatic carbocycles. The molecule has 4 heterocycles. The lowest BCUT2D eigenvalue weighted by Crippen LogP contribution is -2.54. The number of carbonyl (C=O) groups is 2. The van der Waals surface area contributed by atoms with Crippen molar-refractivity contribution in [3.63, 3.8) is 0 Å². The first-order valence-corrected chi connectivity index (χ1v) is 12.0. The van der Waals surface area contributed by atoms with Crippen molar-refractivity contribution in [3.05, 3.63) is 42.4 Å². The van der Waals surface area contributed by atoms with Gasteiger partial charge in [0.2, 0.25) is 5.91 Å². The Balaban J connectivity index is 0.000000364. The molecule has 2 aromatic rings. The minimum absolute atomic E-state index is 0.155. The van der Waals surface area contributed by atoms with Gasteiger partial charge in [-0.15, -0.1) is 0 Å². The van der Waals surface area contributed by atoms with Crippen LogP contribution in [-0.2, 0) is 15.1 Å². The van der Waals surface area contributed by atoms with Gasteiger partial charge in [0.05, 0.1) is 11.4 Å². The van der Waals surface area contributed by atoms with E-state index < -0.39 is 12.1 Å². The molecule has 0 bridgehead atoms. The Kier molecular flexibility index (Phi) is 6.83. The Morgan fingerprint density at radius 3 is 2.51 bits per heavy atom. The molecule has 7 nitrogen and oxygen atoms in total. The molecule has 1 saturated heterocycles. The normalized spacial score (nSPS) is 21.7. The van der Waals surface area contributed by atoms with E-state index in [4.69, 9.17) is 14.9 Å². The van der Waals surface area contributed by atoms with E-state index in [1.807, 2.05) is 12.3 Å². The highest BCUT2D eigenvalue weighted by Crippen LogP contribution is 2.47.